The van der Waals surface area contributed by atoms with Gasteiger partial charge in [0.15, 0.2) is 0 Å². The Morgan fingerprint density at radius 3 is 2.71 bits per heavy atom. The average molecular weight is 475 g/mol. The second-order valence-electron chi connectivity index (χ2n) is 10.6. The maximum atomic E-state index is 13.3. The number of nitrogens with two attached hydrogens (primary N) is 1. The highest BCUT2D eigenvalue weighted by Crippen LogP contribution is 2.44. The van der Waals surface area contributed by atoms with Gasteiger partial charge in [0.1, 0.15) is 5.75 Å². The molecule has 3 aliphatic rings. The third-order valence-corrected chi connectivity index (χ3v) is 8.02. The third-order valence-electron chi connectivity index (χ3n) is 8.02. The van der Waals surface area contributed by atoms with Crippen molar-refractivity contribution in [2.45, 2.75) is 75.5 Å². The number of likely N-dealkylation sites (tertiary alicyclic amines) is 1. The van der Waals surface area contributed by atoms with Crippen molar-refractivity contribution in [3.8, 4) is 5.75 Å². The number of para-hydroxylation sites is 1. The Labute approximate surface area is 203 Å². The van der Waals surface area contributed by atoms with Crippen LogP contribution in [0, 0.1) is 17.8 Å². The molecule has 7 heteroatoms. The number of carbonyl (C=O) groups is 1. The molecule has 3 fully saturated rings. The van der Waals surface area contributed by atoms with Gasteiger partial charge in [-0.15, -0.1) is 0 Å². The van der Waals surface area contributed by atoms with E-state index in [2.05, 4.69) is 0 Å². The van der Waals surface area contributed by atoms with Crippen molar-refractivity contribution < 1.29 is 24.5 Å². The van der Waals surface area contributed by atoms with Crippen LogP contribution in [0.1, 0.15) is 63.4 Å². The van der Waals surface area contributed by atoms with Gasteiger partial charge in [-0.2, -0.15) is 0 Å². The first kappa shape index (κ1) is 25.4. The largest absolute Gasteiger partial charge is 0.493 e. The normalized spacial score (nSPS) is 29.1. The summed E-state index contributed by atoms with van der Waals surface area (Å²) in [5, 5.41) is 22.3. The Balaban J connectivity index is 1.53. The Kier molecular flexibility index (Phi) is 8.51. The van der Waals surface area contributed by atoms with Crippen LogP contribution in [0.2, 0.25) is 0 Å². The van der Waals surface area contributed by atoms with Gasteiger partial charge in [-0.05, 0) is 69.8 Å². The number of hydrogen-bond donors (Lipinski definition) is 3. The van der Waals surface area contributed by atoms with E-state index >= 15 is 0 Å². The van der Waals surface area contributed by atoms with Gasteiger partial charge in [0.25, 0.3) is 0 Å². The highest BCUT2D eigenvalue weighted by Gasteiger charge is 2.44. The smallest absolute Gasteiger partial charge is 0.225 e. The summed E-state index contributed by atoms with van der Waals surface area (Å²) in [6, 6.07) is 7.55. The first-order valence-corrected chi connectivity index (χ1v) is 13.1. The van der Waals surface area contributed by atoms with Crippen LogP contribution >= 0.6 is 0 Å². The second kappa shape index (κ2) is 11.4. The van der Waals surface area contributed by atoms with E-state index < -0.39 is 11.7 Å². The minimum atomic E-state index is -1.08. The third kappa shape index (κ3) is 5.93. The summed E-state index contributed by atoms with van der Waals surface area (Å²) in [5.74, 6) is 1.14. The molecule has 2 saturated carbocycles. The molecule has 5 atom stereocenters. The van der Waals surface area contributed by atoms with Gasteiger partial charge in [-0.25, -0.2) is 0 Å². The molecular formula is C27H42N2O5. The number of hydrogen-bond acceptors (Lipinski definition) is 6. The van der Waals surface area contributed by atoms with Crippen LogP contribution in [0.3, 0.4) is 0 Å². The molecule has 1 aromatic carbocycles. The minimum absolute atomic E-state index is 0.0664. The number of aliphatic hydroxyl groups excluding tert-OH is 1. The standard InChI is InChI=1S/C27H42N2O5/c1-33-14-5-4-12-27(32,22-8-2-3-9-25(22)34-18-19-10-11-19)21-7-6-13-29(17-21)26(31)20-15-23(28)24(30)16-20/h2-3,8-9,19-21,23-24,30,32H,4-7,10-18,28H2,1H3/t20-,21+,23+,24-,27-/m0/s1. The highest BCUT2D eigenvalue weighted by molar-refractivity contribution is 5.79. The molecule has 0 aromatic heterocycles. The summed E-state index contributed by atoms with van der Waals surface area (Å²) >= 11 is 0. The molecule has 0 spiro atoms. The Hall–Kier alpha value is -1.67. The minimum Gasteiger partial charge on any atom is -0.493 e. The summed E-state index contributed by atoms with van der Waals surface area (Å²) < 4.78 is 11.4. The van der Waals surface area contributed by atoms with Crippen LogP contribution in [0.15, 0.2) is 24.3 Å². The molecule has 4 rings (SSSR count). The van der Waals surface area contributed by atoms with Gasteiger partial charge in [-0.1, -0.05) is 18.2 Å². The molecule has 0 unspecified atom stereocenters. The van der Waals surface area contributed by atoms with Crippen LogP contribution in [0.25, 0.3) is 0 Å². The number of unbranched alkanes of at least 4 members (excludes halogenated alkanes) is 1. The molecule has 7 nitrogen and oxygen atoms in total. The number of aliphatic hydroxyl groups is 2. The van der Waals surface area contributed by atoms with Gasteiger partial charge in [0.2, 0.25) is 5.91 Å². The predicted octanol–water partition coefficient (Wildman–Crippen LogP) is 2.82. The van der Waals surface area contributed by atoms with Gasteiger partial charge >= 0.3 is 0 Å². The van der Waals surface area contributed by atoms with Crippen molar-refractivity contribution >= 4 is 5.91 Å². The molecule has 190 valence electrons. The van der Waals surface area contributed by atoms with E-state index in [-0.39, 0.29) is 23.8 Å². The van der Waals surface area contributed by atoms with Gasteiger partial charge in [0.05, 0.1) is 18.3 Å². The van der Waals surface area contributed by atoms with Crippen molar-refractivity contribution in [3.05, 3.63) is 29.8 Å². The number of piperidine rings is 1. The van der Waals surface area contributed by atoms with Crippen molar-refractivity contribution in [2.24, 2.45) is 23.5 Å². The first-order valence-electron chi connectivity index (χ1n) is 13.1. The fraction of sp³-hybridized carbons (Fsp3) is 0.741. The summed E-state index contributed by atoms with van der Waals surface area (Å²) in [6.07, 6.45) is 6.78. The highest BCUT2D eigenvalue weighted by atomic mass is 16.5. The summed E-state index contributed by atoms with van der Waals surface area (Å²) in [4.78, 5) is 15.2. The van der Waals surface area contributed by atoms with Crippen LogP contribution in [-0.4, -0.2) is 66.6 Å². The van der Waals surface area contributed by atoms with Crippen molar-refractivity contribution in [2.75, 3.05) is 33.4 Å². The van der Waals surface area contributed by atoms with Gasteiger partial charge in [0, 0.05) is 50.2 Å². The van der Waals surface area contributed by atoms with Crippen LogP contribution in [0.4, 0.5) is 0 Å². The topological polar surface area (TPSA) is 105 Å². The average Bonchev–Trinajstić information content (AvgIpc) is 3.63. The zero-order valence-corrected chi connectivity index (χ0v) is 20.5. The van der Waals surface area contributed by atoms with E-state index in [9.17, 15) is 15.0 Å². The van der Waals surface area contributed by atoms with Crippen molar-refractivity contribution in [1.29, 1.82) is 0 Å². The zero-order valence-electron chi connectivity index (χ0n) is 20.5. The molecule has 0 radical (unpaired) electrons. The summed E-state index contributed by atoms with van der Waals surface area (Å²) in [5.41, 5.74) is 5.73. The summed E-state index contributed by atoms with van der Waals surface area (Å²) in [7, 11) is 1.70. The molecule has 2 aliphatic carbocycles. The zero-order chi connectivity index (χ0) is 24.1. The van der Waals surface area contributed by atoms with E-state index in [1.54, 1.807) is 7.11 Å². The lowest BCUT2D eigenvalue weighted by Crippen LogP contribution is -2.49. The monoisotopic (exact) mass is 474 g/mol. The van der Waals surface area contributed by atoms with Crippen LogP contribution in [-0.2, 0) is 15.1 Å². The number of ether oxygens (including phenoxy) is 2. The molecule has 1 heterocycles. The number of methoxy groups -OCH3 is 1. The maximum Gasteiger partial charge on any atom is 0.225 e. The molecule has 1 saturated heterocycles. The van der Waals surface area contributed by atoms with E-state index in [1.165, 1.54) is 12.8 Å². The quantitative estimate of drug-likeness (QED) is 0.426. The van der Waals surface area contributed by atoms with Gasteiger partial charge in [-0.3, -0.25) is 4.79 Å². The fourth-order valence-electron chi connectivity index (χ4n) is 5.72. The van der Waals surface area contributed by atoms with Crippen LogP contribution in [0.5, 0.6) is 5.75 Å². The number of rotatable bonds is 11. The lowest BCUT2D eigenvalue weighted by molar-refractivity contribution is -0.141. The second-order valence-corrected chi connectivity index (χ2v) is 10.6. The summed E-state index contributed by atoms with van der Waals surface area (Å²) in [6.45, 7) is 2.56. The first-order chi connectivity index (χ1) is 16.4. The predicted molar refractivity (Wildman–Crippen MR) is 130 cm³/mol. The lowest BCUT2D eigenvalue weighted by atomic mass is 9.73. The molecule has 4 N–H and O–H groups in total. The molecule has 34 heavy (non-hydrogen) atoms. The molecule has 1 amide bonds. The van der Waals surface area contributed by atoms with Crippen LogP contribution < -0.4 is 10.5 Å². The van der Waals surface area contributed by atoms with Gasteiger partial charge < -0.3 is 30.3 Å². The maximum absolute atomic E-state index is 13.3. The molecule has 1 aliphatic heterocycles. The van der Waals surface area contributed by atoms with Crippen molar-refractivity contribution in [1.82, 2.24) is 4.90 Å². The Morgan fingerprint density at radius 1 is 1.21 bits per heavy atom. The van der Waals surface area contributed by atoms with E-state index in [0.29, 0.717) is 51.5 Å². The van der Waals surface area contributed by atoms with E-state index in [1.807, 2.05) is 29.2 Å². The number of amides is 1. The number of carbonyl (C=O) groups excluding carboxylic acids is 1. The molecule has 1 aromatic rings. The molecular weight excluding hydrogens is 432 g/mol. The van der Waals surface area contributed by atoms with E-state index in [4.69, 9.17) is 15.2 Å². The number of nitrogens with zero attached hydrogens (tertiary/aromatic N) is 1. The Morgan fingerprint density at radius 2 is 2.00 bits per heavy atom. The molecule has 0 bridgehead atoms. The SMILES string of the molecule is COCCCC[C@@](O)(c1ccccc1OCC1CC1)[C@@H]1CCCN(C(=O)[C@H]2C[C@@H](N)[C@@H](O)C2)C1. The fourth-order valence-corrected chi connectivity index (χ4v) is 5.72. The van der Waals surface area contributed by atoms with E-state index in [0.717, 1.165) is 37.0 Å². The van der Waals surface area contributed by atoms with Crippen molar-refractivity contribution in [3.63, 3.8) is 0 Å². The lowest BCUT2D eigenvalue weighted by Gasteiger charge is -2.44. The Bertz CT molecular complexity index is 806. The number of benzene rings is 1.